The van der Waals surface area contributed by atoms with Crippen LogP contribution in [-0.4, -0.2) is 36.1 Å². The fourth-order valence-electron chi connectivity index (χ4n) is 1.24. The first-order valence-corrected chi connectivity index (χ1v) is 3.81. The highest BCUT2D eigenvalue weighted by Crippen LogP contribution is 2.20. The molecule has 0 radical (unpaired) electrons. The van der Waals surface area contributed by atoms with Crippen molar-refractivity contribution >= 4 is 0 Å². The van der Waals surface area contributed by atoms with Crippen molar-refractivity contribution < 1.29 is 14.2 Å². The van der Waals surface area contributed by atoms with Crippen LogP contribution in [0.3, 0.4) is 0 Å². The third-order valence-electron chi connectivity index (χ3n) is 2.05. The van der Waals surface area contributed by atoms with Crippen molar-refractivity contribution in [1.29, 1.82) is 0 Å². The van der Waals surface area contributed by atoms with Gasteiger partial charge in [0, 0.05) is 6.04 Å². The van der Waals surface area contributed by atoms with E-state index >= 15 is 0 Å². The zero-order valence-electron chi connectivity index (χ0n) is 6.53. The van der Waals surface area contributed by atoms with Gasteiger partial charge in [0.05, 0.1) is 18.8 Å². The largest absolute Gasteiger partial charge is 0.394 e. The van der Waals surface area contributed by atoms with Crippen LogP contribution in [0.2, 0.25) is 0 Å². The van der Waals surface area contributed by atoms with E-state index in [1.165, 1.54) is 0 Å². The van der Waals surface area contributed by atoms with Crippen molar-refractivity contribution in [3.8, 4) is 0 Å². The second-order valence-electron chi connectivity index (χ2n) is 2.98. The van der Waals surface area contributed by atoms with Crippen LogP contribution >= 0.6 is 0 Å². The molecule has 0 aromatic carbocycles. The Bertz CT molecular complexity index is 134. The van der Waals surface area contributed by atoms with Gasteiger partial charge in [-0.3, -0.25) is 0 Å². The van der Waals surface area contributed by atoms with E-state index in [0.29, 0.717) is 0 Å². The maximum absolute atomic E-state index is 12.9. The van der Waals surface area contributed by atoms with Gasteiger partial charge in [0.25, 0.3) is 0 Å². The molecule has 4 atom stereocenters. The summed E-state index contributed by atoms with van der Waals surface area (Å²) in [6, 6.07) is -0.369. The Hall–Kier alpha value is -0.190. The van der Waals surface area contributed by atoms with Crippen LogP contribution in [0, 0.1) is 0 Å². The summed E-state index contributed by atoms with van der Waals surface area (Å²) in [5.41, 5.74) is 5.52. The van der Waals surface area contributed by atoms with Crippen LogP contribution < -0.4 is 5.73 Å². The Balaban J connectivity index is 2.48. The minimum absolute atomic E-state index is 0.127. The zero-order valence-corrected chi connectivity index (χ0v) is 6.53. The van der Waals surface area contributed by atoms with E-state index in [2.05, 4.69) is 0 Å². The molecule has 1 aliphatic heterocycles. The van der Waals surface area contributed by atoms with Gasteiger partial charge in [-0.05, 0) is 13.3 Å². The second-order valence-corrected chi connectivity index (χ2v) is 2.98. The smallest absolute Gasteiger partial charge is 0.127 e. The predicted octanol–water partition coefficient (Wildman–Crippen LogP) is -0.179. The van der Waals surface area contributed by atoms with E-state index in [9.17, 15) is 4.39 Å². The van der Waals surface area contributed by atoms with Crippen molar-refractivity contribution in [2.45, 2.75) is 37.8 Å². The topological polar surface area (TPSA) is 55.5 Å². The Morgan fingerprint density at radius 2 is 2.36 bits per heavy atom. The van der Waals surface area contributed by atoms with Gasteiger partial charge >= 0.3 is 0 Å². The lowest BCUT2D eigenvalue weighted by molar-refractivity contribution is -0.109. The lowest BCUT2D eigenvalue weighted by atomic mass is 9.99. The maximum Gasteiger partial charge on any atom is 0.127 e. The van der Waals surface area contributed by atoms with Crippen molar-refractivity contribution in [3.05, 3.63) is 0 Å². The van der Waals surface area contributed by atoms with Crippen LogP contribution in [0.1, 0.15) is 13.3 Å². The Morgan fingerprint density at radius 1 is 1.73 bits per heavy atom. The van der Waals surface area contributed by atoms with Gasteiger partial charge in [0.15, 0.2) is 0 Å². The average Bonchev–Trinajstić information content (AvgIpc) is 1.97. The summed E-state index contributed by atoms with van der Waals surface area (Å²) in [5.74, 6) is 0. The Labute approximate surface area is 65.3 Å². The van der Waals surface area contributed by atoms with Crippen molar-refractivity contribution in [1.82, 2.24) is 0 Å². The van der Waals surface area contributed by atoms with Crippen LogP contribution in [0.15, 0.2) is 0 Å². The highest BCUT2D eigenvalue weighted by molar-refractivity contribution is 4.85. The molecule has 0 aromatic heterocycles. The number of aliphatic hydroxyl groups is 1. The van der Waals surface area contributed by atoms with E-state index in [-0.39, 0.29) is 19.1 Å². The second kappa shape index (κ2) is 3.47. The Morgan fingerprint density at radius 3 is 2.91 bits per heavy atom. The highest BCUT2D eigenvalue weighted by Gasteiger charge is 2.33. The molecule has 1 rings (SSSR count). The summed E-state index contributed by atoms with van der Waals surface area (Å²) in [6.45, 7) is 1.53. The standard InChI is InChI=1S/C7H14FNO2/c1-4-5(8)2-6(9)7(3-10)11-4/h4-7,10H,2-3,9H2,1H3/t4-,5-,6+,7-/m1/s1. The molecule has 3 nitrogen and oxygen atoms in total. The van der Waals surface area contributed by atoms with E-state index in [0.717, 1.165) is 0 Å². The van der Waals surface area contributed by atoms with Gasteiger partial charge in [-0.25, -0.2) is 4.39 Å². The van der Waals surface area contributed by atoms with Crippen LogP contribution in [0.4, 0.5) is 4.39 Å². The molecule has 11 heavy (non-hydrogen) atoms. The lowest BCUT2D eigenvalue weighted by Crippen LogP contribution is -2.50. The molecule has 3 N–H and O–H groups in total. The number of hydrogen-bond donors (Lipinski definition) is 2. The number of ether oxygens (including phenoxy) is 1. The van der Waals surface area contributed by atoms with Crippen molar-refractivity contribution in [2.24, 2.45) is 5.73 Å². The molecular formula is C7H14FNO2. The molecule has 0 aromatic rings. The first-order valence-electron chi connectivity index (χ1n) is 3.81. The predicted molar refractivity (Wildman–Crippen MR) is 38.9 cm³/mol. The molecule has 4 heteroatoms. The first-order chi connectivity index (χ1) is 5.15. The normalized spacial score (nSPS) is 45.8. The van der Waals surface area contributed by atoms with Gasteiger partial charge in [-0.15, -0.1) is 0 Å². The minimum Gasteiger partial charge on any atom is -0.394 e. The molecular weight excluding hydrogens is 149 g/mol. The molecule has 0 unspecified atom stereocenters. The van der Waals surface area contributed by atoms with E-state index in [4.69, 9.17) is 15.6 Å². The van der Waals surface area contributed by atoms with Gasteiger partial charge in [-0.1, -0.05) is 0 Å². The molecule has 0 bridgehead atoms. The number of halogens is 1. The zero-order chi connectivity index (χ0) is 8.43. The van der Waals surface area contributed by atoms with Gasteiger partial charge < -0.3 is 15.6 Å². The number of hydrogen-bond acceptors (Lipinski definition) is 3. The Kier molecular flexibility index (Phi) is 2.81. The number of rotatable bonds is 1. The van der Waals surface area contributed by atoms with Crippen LogP contribution in [0.5, 0.6) is 0 Å². The minimum atomic E-state index is -0.993. The van der Waals surface area contributed by atoms with Crippen LogP contribution in [0.25, 0.3) is 0 Å². The van der Waals surface area contributed by atoms with Crippen LogP contribution in [-0.2, 0) is 4.74 Å². The van der Waals surface area contributed by atoms with E-state index in [1.54, 1.807) is 6.92 Å². The van der Waals surface area contributed by atoms with Gasteiger partial charge in [0.1, 0.15) is 6.17 Å². The molecule has 0 spiro atoms. The molecule has 0 saturated carbocycles. The molecule has 1 fully saturated rings. The summed E-state index contributed by atoms with van der Waals surface area (Å²) < 4.78 is 18.0. The summed E-state index contributed by atoms with van der Waals surface area (Å²) in [6.07, 6.45) is -1.54. The third kappa shape index (κ3) is 1.89. The molecule has 1 heterocycles. The maximum atomic E-state index is 12.9. The molecule has 0 aliphatic carbocycles. The fourth-order valence-corrected chi connectivity index (χ4v) is 1.24. The molecule has 1 aliphatic rings. The fraction of sp³-hybridized carbons (Fsp3) is 1.00. The third-order valence-corrected chi connectivity index (χ3v) is 2.05. The number of aliphatic hydroxyl groups excluding tert-OH is 1. The summed E-state index contributed by atoms with van der Waals surface area (Å²) in [7, 11) is 0. The summed E-state index contributed by atoms with van der Waals surface area (Å²) >= 11 is 0. The quantitative estimate of drug-likeness (QED) is 0.564. The number of nitrogens with two attached hydrogens (primary N) is 1. The lowest BCUT2D eigenvalue weighted by Gasteiger charge is -2.34. The van der Waals surface area contributed by atoms with Crippen molar-refractivity contribution in [2.75, 3.05) is 6.61 Å². The monoisotopic (exact) mass is 163 g/mol. The average molecular weight is 163 g/mol. The van der Waals surface area contributed by atoms with Crippen molar-refractivity contribution in [3.63, 3.8) is 0 Å². The summed E-state index contributed by atoms with van der Waals surface area (Å²) in [5, 5.41) is 8.74. The number of alkyl halides is 1. The first kappa shape index (κ1) is 8.90. The molecule has 1 saturated heterocycles. The van der Waals surface area contributed by atoms with E-state index < -0.39 is 18.4 Å². The molecule has 0 amide bonds. The van der Waals surface area contributed by atoms with Gasteiger partial charge in [-0.2, -0.15) is 0 Å². The van der Waals surface area contributed by atoms with E-state index in [1.807, 2.05) is 0 Å². The highest BCUT2D eigenvalue weighted by atomic mass is 19.1. The SMILES string of the molecule is C[C@H]1O[C@H](CO)[C@@H](N)C[C@H]1F. The molecule has 66 valence electrons. The van der Waals surface area contributed by atoms with Gasteiger partial charge in [0.2, 0.25) is 0 Å². The summed E-state index contributed by atoms with van der Waals surface area (Å²) in [4.78, 5) is 0.